The minimum absolute atomic E-state index is 0. The lowest BCUT2D eigenvalue weighted by atomic mass is 10.3. The van der Waals surface area contributed by atoms with Gasteiger partial charge in [-0.2, -0.15) is 0 Å². The summed E-state index contributed by atoms with van der Waals surface area (Å²) >= 11 is 0.997. The number of carbonyl (C=O) groups excluding carboxylic acids is 2. The Morgan fingerprint density at radius 3 is 2.44 bits per heavy atom. The van der Waals surface area contributed by atoms with Crippen LogP contribution in [-0.2, 0) is 0 Å². The van der Waals surface area contributed by atoms with E-state index in [2.05, 4.69) is 0 Å². The quantitative estimate of drug-likeness (QED) is 0.617. The number of rotatable bonds is 2. The number of hydrogen-bond acceptors (Lipinski definition) is 5. The molecule has 0 saturated carbocycles. The molecule has 2 heterocycles. The maximum absolute atomic E-state index is 11.9. The molecule has 2 amide bonds. The second-order valence-corrected chi connectivity index (χ2v) is 4.71. The first kappa shape index (κ1) is 15.3. The van der Waals surface area contributed by atoms with Crippen LogP contribution < -0.4 is 5.73 Å². The highest BCUT2D eigenvalue weighted by molar-refractivity contribution is 14.0. The molecule has 100 valence electrons. The van der Waals surface area contributed by atoms with Crippen LogP contribution in [-0.4, -0.2) is 46.5 Å². The van der Waals surface area contributed by atoms with Crippen molar-refractivity contribution in [3.8, 4) is 0 Å². The van der Waals surface area contributed by atoms with E-state index >= 15 is 0 Å². The molecule has 0 radical (unpaired) electrons. The second kappa shape index (κ2) is 7.00. The van der Waals surface area contributed by atoms with E-state index < -0.39 is 5.24 Å². The largest absolute Gasteiger partial charge is 0.459 e. The van der Waals surface area contributed by atoms with Crippen molar-refractivity contribution >= 4 is 47.1 Å². The van der Waals surface area contributed by atoms with E-state index in [1.165, 1.54) is 6.26 Å². The zero-order chi connectivity index (χ0) is 12.3. The lowest BCUT2D eigenvalue weighted by molar-refractivity contribution is 0.0672. The zero-order valence-corrected chi connectivity index (χ0v) is 12.7. The molecule has 2 N–H and O–H groups in total. The maximum Gasteiger partial charge on any atom is 0.291 e. The molecule has 6 nitrogen and oxygen atoms in total. The molecule has 1 saturated heterocycles. The third kappa shape index (κ3) is 3.89. The predicted octanol–water partition coefficient (Wildman–Crippen LogP) is 1.38. The number of piperazine rings is 1. The van der Waals surface area contributed by atoms with Gasteiger partial charge in [0, 0.05) is 38.1 Å². The van der Waals surface area contributed by atoms with E-state index in [1.54, 1.807) is 17.0 Å². The molecule has 0 bridgehead atoms. The van der Waals surface area contributed by atoms with Crippen LogP contribution in [0.4, 0.5) is 4.79 Å². The van der Waals surface area contributed by atoms with Crippen molar-refractivity contribution in [1.82, 2.24) is 9.21 Å². The number of amides is 2. The fourth-order valence-electron chi connectivity index (χ4n) is 1.67. The molecule has 0 spiro atoms. The van der Waals surface area contributed by atoms with Gasteiger partial charge in [-0.1, -0.05) is 0 Å². The lowest BCUT2D eigenvalue weighted by Gasteiger charge is -2.32. The Balaban J connectivity index is 0.00000162. The number of nitrogens with two attached hydrogens (primary N) is 1. The van der Waals surface area contributed by atoms with Gasteiger partial charge in [0.05, 0.1) is 6.26 Å². The van der Waals surface area contributed by atoms with Gasteiger partial charge in [-0.3, -0.25) is 9.59 Å². The molecule has 18 heavy (non-hydrogen) atoms. The van der Waals surface area contributed by atoms with Gasteiger partial charge >= 0.3 is 0 Å². The molecule has 1 fully saturated rings. The summed E-state index contributed by atoms with van der Waals surface area (Å²) in [6.45, 7) is 2.39. The summed E-state index contributed by atoms with van der Waals surface area (Å²) in [7, 11) is 0. The smallest absolute Gasteiger partial charge is 0.291 e. The summed E-state index contributed by atoms with van der Waals surface area (Å²) in [5.74, 6) is 0.236. The first-order valence-electron chi connectivity index (χ1n) is 5.22. The number of hydrogen-bond donors (Lipinski definition) is 1. The van der Waals surface area contributed by atoms with Crippen molar-refractivity contribution in [2.75, 3.05) is 26.2 Å². The molecule has 0 aliphatic carbocycles. The van der Waals surface area contributed by atoms with Crippen LogP contribution in [0.15, 0.2) is 22.8 Å². The van der Waals surface area contributed by atoms with Gasteiger partial charge in [0.1, 0.15) is 0 Å². The summed E-state index contributed by atoms with van der Waals surface area (Å²) in [4.78, 5) is 24.3. The number of halogens is 1. The monoisotopic (exact) mass is 383 g/mol. The van der Waals surface area contributed by atoms with Crippen LogP contribution in [0.3, 0.4) is 0 Å². The fraction of sp³-hybridized carbons (Fsp3) is 0.400. The fourth-order valence-corrected chi connectivity index (χ4v) is 2.27. The maximum atomic E-state index is 11.9. The van der Waals surface area contributed by atoms with Crippen LogP contribution in [0.25, 0.3) is 0 Å². The summed E-state index contributed by atoms with van der Waals surface area (Å²) in [5.41, 5.74) is 5.08. The molecular formula is C10H14IN3O3S. The van der Waals surface area contributed by atoms with Crippen molar-refractivity contribution in [2.45, 2.75) is 0 Å². The first-order valence-corrected chi connectivity index (χ1v) is 5.99. The van der Waals surface area contributed by atoms with Crippen molar-refractivity contribution in [3.63, 3.8) is 0 Å². The molecule has 1 aromatic heterocycles. The summed E-state index contributed by atoms with van der Waals surface area (Å²) < 4.78 is 6.91. The Hall–Kier alpha value is -0.740. The molecule has 2 rings (SSSR count). The van der Waals surface area contributed by atoms with Gasteiger partial charge < -0.3 is 15.1 Å². The van der Waals surface area contributed by atoms with Gasteiger partial charge in [0.15, 0.2) is 5.76 Å². The molecule has 1 aliphatic rings. The summed E-state index contributed by atoms with van der Waals surface area (Å²) in [5, 5.41) is -0.421. The van der Waals surface area contributed by atoms with Gasteiger partial charge in [0.2, 0.25) is 0 Å². The molecule has 8 heteroatoms. The molecular weight excluding hydrogens is 369 g/mol. The Bertz CT molecular complexity index is 405. The van der Waals surface area contributed by atoms with E-state index in [0.29, 0.717) is 31.9 Å². The van der Waals surface area contributed by atoms with Crippen molar-refractivity contribution in [3.05, 3.63) is 24.2 Å². The topological polar surface area (TPSA) is 79.8 Å². The first-order chi connectivity index (χ1) is 8.16. The van der Waals surface area contributed by atoms with Crippen LogP contribution in [0.1, 0.15) is 10.6 Å². The van der Waals surface area contributed by atoms with Crippen LogP contribution in [0.2, 0.25) is 0 Å². The third-order valence-corrected chi connectivity index (χ3v) is 3.28. The normalized spacial score (nSPS) is 16.1. The zero-order valence-electron chi connectivity index (χ0n) is 9.57. The van der Waals surface area contributed by atoms with Crippen molar-refractivity contribution in [2.24, 2.45) is 5.73 Å². The highest BCUT2D eigenvalue weighted by Gasteiger charge is 2.24. The molecule has 1 aliphatic heterocycles. The number of carbonyl (C=O) groups is 2. The number of furan rings is 1. The van der Waals surface area contributed by atoms with E-state index in [-0.39, 0.29) is 29.9 Å². The highest BCUT2D eigenvalue weighted by atomic mass is 127. The molecule has 0 aromatic carbocycles. The molecule has 1 aromatic rings. The van der Waals surface area contributed by atoms with Gasteiger partial charge in [0.25, 0.3) is 11.1 Å². The second-order valence-electron chi connectivity index (χ2n) is 3.61. The minimum atomic E-state index is -0.421. The van der Waals surface area contributed by atoms with Gasteiger partial charge in [-0.25, -0.2) is 4.31 Å². The summed E-state index contributed by atoms with van der Waals surface area (Å²) in [6.07, 6.45) is 1.48. The van der Waals surface area contributed by atoms with Crippen molar-refractivity contribution < 1.29 is 14.0 Å². The molecule has 0 unspecified atom stereocenters. The van der Waals surface area contributed by atoms with E-state index in [0.717, 1.165) is 11.9 Å². The summed E-state index contributed by atoms with van der Waals surface area (Å²) in [6, 6.07) is 3.33. The van der Waals surface area contributed by atoms with Crippen LogP contribution >= 0.6 is 35.9 Å². The van der Waals surface area contributed by atoms with E-state index in [4.69, 9.17) is 10.2 Å². The third-order valence-electron chi connectivity index (χ3n) is 2.48. The molecule has 0 atom stereocenters. The average Bonchev–Trinajstić information content (AvgIpc) is 2.82. The average molecular weight is 383 g/mol. The SMILES string of the molecule is I.NC(=O)SN1CCN(C(=O)c2ccco2)CC1. The predicted molar refractivity (Wildman–Crippen MR) is 78.8 cm³/mol. The lowest BCUT2D eigenvalue weighted by Crippen LogP contribution is -2.46. The highest BCUT2D eigenvalue weighted by Crippen LogP contribution is 2.15. The number of primary amides is 1. The van der Waals surface area contributed by atoms with E-state index in [1.807, 2.05) is 4.31 Å². The van der Waals surface area contributed by atoms with Crippen LogP contribution in [0.5, 0.6) is 0 Å². The minimum Gasteiger partial charge on any atom is -0.459 e. The van der Waals surface area contributed by atoms with E-state index in [9.17, 15) is 9.59 Å². The Kier molecular flexibility index (Phi) is 5.96. The van der Waals surface area contributed by atoms with Crippen LogP contribution in [0, 0.1) is 0 Å². The van der Waals surface area contributed by atoms with Gasteiger partial charge in [-0.05, 0) is 12.1 Å². The Morgan fingerprint density at radius 2 is 1.94 bits per heavy atom. The Morgan fingerprint density at radius 1 is 1.28 bits per heavy atom. The van der Waals surface area contributed by atoms with Crippen molar-refractivity contribution in [1.29, 1.82) is 0 Å². The number of nitrogens with zero attached hydrogens (tertiary/aromatic N) is 2. The van der Waals surface area contributed by atoms with Gasteiger partial charge in [-0.15, -0.1) is 24.0 Å². The standard InChI is InChI=1S/C10H13N3O3S.HI/c11-10(15)17-13-5-3-12(4-6-13)9(14)8-2-1-7-16-8;/h1-2,7H,3-6H2,(H2,11,15);1H. The Labute approximate surface area is 126 Å².